The quantitative estimate of drug-likeness (QED) is 0.654. The van der Waals surface area contributed by atoms with Crippen molar-refractivity contribution in [2.45, 2.75) is 43.9 Å². The van der Waals surface area contributed by atoms with E-state index in [0.717, 1.165) is 18.8 Å². The van der Waals surface area contributed by atoms with Gasteiger partial charge >= 0.3 is 0 Å². The van der Waals surface area contributed by atoms with E-state index in [1.165, 1.54) is 30.5 Å². The molecule has 0 unspecified atom stereocenters. The monoisotopic (exact) mass is 379 g/mol. The predicted molar refractivity (Wildman–Crippen MR) is 101 cm³/mol. The number of hydrogen-bond acceptors (Lipinski definition) is 5. The molecule has 3 heterocycles. The Hall–Kier alpha value is -2.73. The summed E-state index contributed by atoms with van der Waals surface area (Å²) in [5.41, 5.74) is 1.36. The van der Waals surface area contributed by atoms with E-state index in [2.05, 4.69) is 45.4 Å². The summed E-state index contributed by atoms with van der Waals surface area (Å²) >= 11 is 0. The Morgan fingerprint density at radius 2 is 1.93 bits per heavy atom. The van der Waals surface area contributed by atoms with E-state index in [-0.39, 0.29) is 18.3 Å². The molecule has 2 aliphatic heterocycles. The van der Waals surface area contributed by atoms with Crippen molar-refractivity contribution in [1.29, 1.82) is 0 Å². The van der Waals surface area contributed by atoms with Gasteiger partial charge < -0.3 is 9.26 Å². The SMILES string of the molecule is Fc1ccc(OCc2nc([C@@H]3C[C@H](c4ccccc4)N4CCC[C@@H]34)no2)cc1. The Morgan fingerprint density at radius 3 is 2.75 bits per heavy atom. The van der Waals surface area contributed by atoms with E-state index in [1.54, 1.807) is 12.1 Å². The van der Waals surface area contributed by atoms with Crippen LogP contribution in [0.25, 0.3) is 0 Å². The van der Waals surface area contributed by atoms with Crippen LogP contribution in [0.3, 0.4) is 0 Å². The molecule has 0 saturated carbocycles. The first-order valence-corrected chi connectivity index (χ1v) is 9.79. The number of halogens is 1. The third kappa shape index (κ3) is 3.29. The lowest BCUT2D eigenvalue weighted by Gasteiger charge is -2.24. The lowest BCUT2D eigenvalue weighted by Crippen LogP contribution is -2.27. The van der Waals surface area contributed by atoms with Gasteiger partial charge in [-0.3, -0.25) is 4.90 Å². The van der Waals surface area contributed by atoms with E-state index in [4.69, 9.17) is 9.26 Å². The van der Waals surface area contributed by atoms with E-state index in [0.29, 0.717) is 23.7 Å². The van der Waals surface area contributed by atoms with Crippen LogP contribution in [0.2, 0.25) is 0 Å². The fourth-order valence-corrected chi connectivity index (χ4v) is 4.60. The number of hydrogen-bond donors (Lipinski definition) is 0. The second-order valence-corrected chi connectivity index (χ2v) is 7.50. The topological polar surface area (TPSA) is 51.4 Å². The lowest BCUT2D eigenvalue weighted by atomic mass is 9.94. The van der Waals surface area contributed by atoms with Gasteiger partial charge in [0.15, 0.2) is 12.4 Å². The van der Waals surface area contributed by atoms with Crippen molar-refractivity contribution in [1.82, 2.24) is 15.0 Å². The van der Waals surface area contributed by atoms with Crippen LogP contribution in [0.4, 0.5) is 4.39 Å². The van der Waals surface area contributed by atoms with Crippen molar-refractivity contribution in [2.24, 2.45) is 0 Å². The molecule has 2 fully saturated rings. The molecule has 2 aromatic carbocycles. The number of ether oxygens (including phenoxy) is 1. The van der Waals surface area contributed by atoms with Crippen LogP contribution in [0, 0.1) is 5.82 Å². The minimum atomic E-state index is -0.289. The van der Waals surface area contributed by atoms with Crippen LogP contribution < -0.4 is 4.74 Å². The summed E-state index contributed by atoms with van der Waals surface area (Å²) in [5.74, 6) is 1.78. The molecule has 3 atom stereocenters. The molecule has 5 nitrogen and oxygen atoms in total. The van der Waals surface area contributed by atoms with Gasteiger partial charge in [-0.15, -0.1) is 0 Å². The maximum absolute atomic E-state index is 13.0. The first-order chi connectivity index (χ1) is 13.8. The molecule has 0 N–H and O–H groups in total. The van der Waals surface area contributed by atoms with Crippen LogP contribution in [0.5, 0.6) is 5.75 Å². The van der Waals surface area contributed by atoms with E-state index in [9.17, 15) is 4.39 Å². The highest BCUT2D eigenvalue weighted by Crippen LogP contribution is 2.48. The average molecular weight is 379 g/mol. The predicted octanol–water partition coefficient (Wildman–Crippen LogP) is 4.48. The molecule has 3 aromatic rings. The number of benzene rings is 2. The third-order valence-corrected chi connectivity index (χ3v) is 5.86. The zero-order valence-electron chi connectivity index (χ0n) is 15.5. The molecule has 2 aliphatic rings. The lowest BCUT2D eigenvalue weighted by molar-refractivity contribution is 0.239. The summed E-state index contributed by atoms with van der Waals surface area (Å²) in [6, 6.07) is 17.5. The number of fused-ring (bicyclic) bond motifs is 1. The molecule has 1 aromatic heterocycles. The van der Waals surface area contributed by atoms with Crippen molar-refractivity contribution in [2.75, 3.05) is 6.54 Å². The average Bonchev–Trinajstić information content (AvgIpc) is 3.45. The van der Waals surface area contributed by atoms with Gasteiger partial charge in [0.25, 0.3) is 5.89 Å². The van der Waals surface area contributed by atoms with Gasteiger partial charge in [-0.2, -0.15) is 4.98 Å². The first kappa shape index (κ1) is 17.4. The van der Waals surface area contributed by atoms with Gasteiger partial charge in [-0.1, -0.05) is 35.5 Å². The molecular weight excluding hydrogens is 357 g/mol. The Kier molecular flexibility index (Phi) is 4.56. The molecule has 0 bridgehead atoms. The molecule has 0 aliphatic carbocycles. The minimum absolute atomic E-state index is 0.182. The Labute approximate surface area is 163 Å². The summed E-state index contributed by atoms with van der Waals surface area (Å²) in [5, 5.41) is 4.26. The Bertz CT molecular complexity index is 928. The highest BCUT2D eigenvalue weighted by molar-refractivity contribution is 5.24. The molecule has 0 radical (unpaired) electrons. The van der Waals surface area contributed by atoms with Crippen LogP contribution in [-0.2, 0) is 6.61 Å². The van der Waals surface area contributed by atoms with Gasteiger partial charge in [0, 0.05) is 18.0 Å². The molecular formula is C22H22FN3O2. The largest absolute Gasteiger partial charge is 0.484 e. The first-order valence-electron chi connectivity index (χ1n) is 9.79. The van der Waals surface area contributed by atoms with E-state index in [1.807, 2.05) is 0 Å². The smallest absolute Gasteiger partial charge is 0.264 e. The zero-order valence-corrected chi connectivity index (χ0v) is 15.5. The molecule has 6 heteroatoms. The second kappa shape index (κ2) is 7.36. The van der Waals surface area contributed by atoms with Gasteiger partial charge in [-0.25, -0.2) is 4.39 Å². The summed E-state index contributed by atoms with van der Waals surface area (Å²) in [4.78, 5) is 7.21. The number of nitrogens with zero attached hydrogens (tertiary/aromatic N) is 3. The molecule has 0 spiro atoms. The van der Waals surface area contributed by atoms with Crippen LogP contribution in [0.15, 0.2) is 59.1 Å². The summed E-state index contributed by atoms with van der Waals surface area (Å²) in [6.07, 6.45) is 3.39. The van der Waals surface area contributed by atoms with E-state index < -0.39 is 0 Å². The minimum Gasteiger partial charge on any atom is -0.484 e. The van der Waals surface area contributed by atoms with Crippen molar-refractivity contribution in [3.63, 3.8) is 0 Å². The number of aromatic nitrogens is 2. The molecule has 5 rings (SSSR count). The molecule has 144 valence electrons. The second-order valence-electron chi connectivity index (χ2n) is 7.50. The van der Waals surface area contributed by atoms with Gasteiger partial charge in [-0.05, 0) is 55.6 Å². The third-order valence-electron chi connectivity index (χ3n) is 5.86. The maximum Gasteiger partial charge on any atom is 0.264 e. The van der Waals surface area contributed by atoms with Crippen LogP contribution >= 0.6 is 0 Å². The summed E-state index contributed by atoms with van der Waals surface area (Å²) in [7, 11) is 0. The standard InChI is InChI=1S/C22H22FN3O2/c23-16-8-10-17(11-9-16)27-14-21-24-22(25-28-21)18-13-20(15-5-2-1-3-6-15)26-12-4-7-19(18)26/h1-3,5-6,8-11,18-20H,4,7,12-14H2/t18-,19+,20-/m1/s1. The normalized spacial score (nSPS) is 24.4. The van der Waals surface area contributed by atoms with E-state index >= 15 is 0 Å². The van der Waals surface area contributed by atoms with Crippen molar-refractivity contribution in [3.05, 3.63) is 77.7 Å². The molecule has 2 saturated heterocycles. The van der Waals surface area contributed by atoms with Crippen molar-refractivity contribution in [3.8, 4) is 5.75 Å². The fraction of sp³-hybridized carbons (Fsp3) is 0.364. The zero-order chi connectivity index (χ0) is 18.9. The van der Waals surface area contributed by atoms with Crippen LogP contribution in [-0.4, -0.2) is 27.6 Å². The van der Waals surface area contributed by atoms with Gasteiger partial charge in [0.1, 0.15) is 11.6 Å². The summed E-state index contributed by atoms with van der Waals surface area (Å²) in [6.45, 7) is 1.31. The highest BCUT2D eigenvalue weighted by Gasteiger charge is 2.46. The van der Waals surface area contributed by atoms with Crippen LogP contribution in [0.1, 0.15) is 48.5 Å². The number of rotatable bonds is 5. The van der Waals surface area contributed by atoms with Gasteiger partial charge in [0.2, 0.25) is 0 Å². The molecule has 0 amide bonds. The Balaban J connectivity index is 1.30. The van der Waals surface area contributed by atoms with Crippen molar-refractivity contribution >= 4 is 0 Å². The fourth-order valence-electron chi connectivity index (χ4n) is 4.60. The van der Waals surface area contributed by atoms with Crippen molar-refractivity contribution < 1.29 is 13.7 Å². The molecule has 28 heavy (non-hydrogen) atoms. The van der Waals surface area contributed by atoms with Gasteiger partial charge in [0.05, 0.1) is 0 Å². The highest BCUT2D eigenvalue weighted by atomic mass is 19.1. The summed E-state index contributed by atoms with van der Waals surface area (Å²) < 4.78 is 24.0. The Morgan fingerprint density at radius 1 is 1.11 bits per heavy atom. The maximum atomic E-state index is 13.0.